The van der Waals surface area contributed by atoms with E-state index in [4.69, 9.17) is 10.4 Å². The molecule has 1 rings (SSSR count). The zero-order valence-corrected chi connectivity index (χ0v) is 6.61. The summed E-state index contributed by atoms with van der Waals surface area (Å²) in [6, 6.07) is 1.76. The van der Waals surface area contributed by atoms with Crippen LogP contribution in [0.4, 0.5) is 8.78 Å². The van der Waals surface area contributed by atoms with Crippen molar-refractivity contribution < 1.29 is 13.9 Å². The molecular weight excluding hydrogens is 180 g/mol. The van der Waals surface area contributed by atoms with Gasteiger partial charge in [-0.25, -0.2) is 8.78 Å². The number of aliphatic hydroxyl groups excluding tert-OH is 1. The lowest BCUT2D eigenvalue weighted by molar-refractivity contribution is -0.0652. The number of nitriles is 1. The van der Waals surface area contributed by atoms with Gasteiger partial charge in [0, 0.05) is 6.20 Å². The van der Waals surface area contributed by atoms with E-state index in [0.717, 1.165) is 4.68 Å². The molecule has 1 heterocycles. The highest BCUT2D eigenvalue weighted by atomic mass is 19.3. The first kappa shape index (κ1) is 9.61. The molecule has 0 aliphatic rings. The molecule has 70 valence electrons. The molecule has 0 unspecified atom stereocenters. The Morgan fingerprint density at radius 1 is 1.69 bits per heavy atom. The van der Waals surface area contributed by atoms with E-state index in [0.29, 0.717) is 0 Å². The summed E-state index contributed by atoms with van der Waals surface area (Å²) in [5, 5.41) is 20.2. The number of halogens is 2. The maximum atomic E-state index is 12.6. The molecule has 0 aliphatic heterocycles. The van der Waals surface area contributed by atoms with Gasteiger partial charge in [0.05, 0.1) is 11.8 Å². The molecule has 0 atom stereocenters. The molecule has 1 N–H and O–H groups in total. The van der Waals surface area contributed by atoms with Gasteiger partial charge in [-0.2, -0.15) is 10.4 Å². The van der Waals surface area contributed by atoms with E-state index in [9.17, 15) is 8.78 Å². The summed E-state index contributed by atoms with van der Waals surface area (Å²) in [6.07, 6.45) is 2.39. The maximum Gasteiger partial charge on any atom is 0.289 e. The van der Waals surface area contributed by atoms with Gasteiger partial charge in [-0.1, -0.05) is 0 Å². The highest BCUT2D eigenvalue weighted by Crippen LogP contribution is 2.14. The quantitative estimate of drug-likeness (QED) is 0.744. The minimum atomic E-state index is -3.20. The number of aromatic nitrogens is 2. The zero-order valence-electron chi connectivity index (χ0n) is 6.61. The van der Waals surface area contributed by atoms with Crippen LogP contribution in [0.2, 0.25) is 0 Å². The van der Waals surface area contributed by atoms with Crippen LogP contribution in [0, 0.1) is 11.3 Å². The second-order valence-corrected chi connectivity index (χ2v) is 2.55. The van der Waals surface area contributed by atoms with E-state index in [1.807, 2.05) is 0 Å². The summed E-state index contributed by atoms with van der Waals surface area (Å²) < 4.78 is 26.0. The van der Waals surface area contributed by atoms with Crippen molar-refractivity contribution in [3.05, 3.63) is 18.0 Å². The lowest BCUT2D eigenvalue weighted by Gasteiger charge is -2.12. The van der Waals surface area contributed by atoms with Crippen LogP contribution in [-0.2, 0) is 6.54 Å². The molecule has 0 aliphatic carbocycles. The van der Waals surface area contributed by atoms with Crippen LogP contribution in [0.1, 0.15) is 5.56 Å². The maximum absolute atomic E-state index is 12.6. The third-order valence-corrected chi connectivity index (χ3v) is 1.39. The lowest BCUT2D eigenvalue weighted by atomic mass is 10.3. The fraction of sp³-hybridized carbons (Fsp3) is 0.429. The Balaban J connectivity index is 2.70. The number of hydrogen-bond acceptors (Lipinski definition) is 3. The Bertz CT molecular complexity index is 329. The molecule has 0 saturated heterocycles. The number of hydrogen-bond donors (Lipinski definition) is 1. The lowest BCUT2D eigenvalue weighted by Crippen LogP contribution is -2.28. The summed E-state index contributed by atoms with van der Waals surface area (Å²) in [5.41, 5.74) is 0.216. The molecule has 1 aromatic heterocycles. The summed E-state index contributed by atoms with van der Waals surface area (Å²) >= 11 is 0. The van der Waals surface area contributed by atoms with E-state index in [-0.39, 0.29) is 5.56 Å². The molecule has 0 bridgehead atoms. The predicted molar refractivity (Wildman–Crippen MR) is 39.0 cm³/mol. The average Bonchev–Trinajstić information content (AvgIpc) is 2.52. The summed E-state index contributed by atoms with van der Waals surface area (Å²) in [4.78, 5) is 0. The zero-order chi connectivity index (χ0) is 9.90. The molecule has 0 aromatic carbocycles. The molecule has 1 aromatic rings. The largest absolute Gasteiger partial charge is 0.390 e. The Morgan fingerprint density at radius 3 is 2.85 bits per heavy atom. The molecule has 6 heteroatoms. The summed E-state index contributed by atoms with van der Waals surface area (Å²) in [5.74, 6) is -3.20. The highest BCUT2D eigenvalue weighted by molar-refractivity contribution is 5.21. The van der Waals surface area contributed by atoms with Crippen molar-refractivity contribution in [2.24, 2.45) is 0 Å². The van der Waals surface area contributed by atoms with Gasteiger partial charge in [-0.05, 0) is 0 Å². The van der Waals surface area contributed by atoms with Crippen LogP contribution in [0.25, 0.3) is 0 Å². The van der Waals surface area contributed by atoms with Crippen LogP contribution < -0.4 is 0 Å². The fourth-order valence-electron chi connectivity index (χ4n) is 0.795. The van der Waals surface area contributed by atoms with E-state index >= 15 is 0 Å². The van der Waals surface area contributed by atoms with E-state index < -0.39 is 19.1 Å². The molecule has 4 nitrogen and oxygen atoms in total. The highest BCUT2D eigenvalue weighted by Gasteiger charge is 2.28. The number of rotatable bonds is 3. The summed E-state index contributed by atoms with van der Waals surface area (Å²) in [7, 11) is 0. The van der Waals surface area contributed by atoms with Gasteiger partial charge in [-0.15, -0.1) is 0 Å². The SMILES string of the molecule is N#Cc1cnn(CC(F)(F)CO)c1. The third-order valence-electron chi connectivity index (χ3n) is 1.39. The van der Waals surface area contributed by atoms with Crippen molar-refractivity contribution in [2.75, 3.05) is 6.61 Å². The number of alkyl halides is 2. The molecule has 0 fully saturated rings. The number of nitrogens with zero attached hydrogens (tertiary/aromatic N) is 3. The van der Waals surface area contributed by atoms with Gasteiger partial charge in [-0.3, -0.25) is 4.68 Å². The van der Waals surface area contributed by atoms with Gasteiger partial charge in [0.1, 0.15) is 19.2 Å². The van der Waals surface area contributed by atoms with Crippen LogP contribution in [0.3, 0.4) is 0 Å². The fourth-order valence-corrected chi connectivity index (χ4v) is 0.795. The first-order valence-corrected chi connectivity index (χ1v) is 3.48. The van der Waals surface area contributed by atoms with Crippen molar-refractivity contribution in [3.8, 4) is 6.07 Å². The molecule has 0 radical (unpaired) electrons. The van der Waals surface area contributed by atoms with Crippen LogP contribution >= 0.6 is 0 Å². The second kappa shape index (κ2) is 3.49. The van der Waals surface area contributed by atoms with Gasteiger partial charge in [0.25, 0.3) is 5.92 Å². The van der Waals surface area contributed by atoms with Gasteiger partial charge >= 0.3 is 0 Å². The molecule has 0 saturated carbocycles. The standard InChI is InChI=1S/C7H7F2N3O/c8-7(9,5-13)4-12-3-6(1-10)2-11-12/h2-3,13H,4-5H2. The average molecular weight is 187 g/mol. The molecule has 0 amide bonds. The van der Waals surface area contributed by atoms with Crippen molar-refractivity contribution in [1.82, 2.24) is 9.78 Å². The monoisotopic (exact) mass is 187 g/mol. The Hall–Kier alpha value is -1.48. The van der Waals surface area contributed by atoms with Crippen LogP contribution in [0.15, 0.2) is 12.4 Å². The van der Waals surface area contributed by atoms with E-state index in [1.165, 1.54) is 12.4 Å². The predicted octanol–water partition coefficient (Wildman–Crippen LogP) is 0.382. The minimum Gasteiger partial charge on any atom is -0.390 e. The molecule has 13 heavy (non-hydrogen) atoms. The topological polar surface area (TPSA) is 61.8 Å². The minimum absolute atomic E-state index is 0.216. The van der Waals surface area contributed by atoms with Gasteiger partial charge in [0.2, 0.25) is 0 Å². The molecular formula is C7H7F2N3O. The third kappa shape index (κ3) is 2.49. The van der Waals surface area contributed by atoms with Gasteiger partial charge in [0.15, 0.2) is 0 Å². The Kier molecular flexibility index (Phi) is 2.58. The first-order valence-electron chi connectivity index (χ1n) is 3.48. The van der Waals surface area contributed by atoms with Gasteiger partial charge < -0.3 is 5.11 Å². The summed E-state index contributed by atoms with van der Waals surface area (Å²) in [6.45, 7) is -1.94. The Morgan fingerprint density at radius 2 is 2.38 bits per heavy atom. The van der Waals surface area contributed by atoms with Crippen molar-refractivity contribution in [1.29, 1.82) is 5.26 Å². The van der Waals surface area contributed by atoms with E-state index in [2.05, 4.69) is 5.10 Å². The van der Waals surface area contributed by atoms with E-state index in [1.54, 1.807) is 6.07 Å². The van der Waals surface area contributed by atoms with Crippen molar-refractivity contribution >= 4 is 0 Å². The Labute approximate surface area is 73.0 Å². The smallest absolute Gasteiger partial charge is 0.289 e. The second-order valence-electron chi connectivity index (χ2n) is 2.55. The first-order chi connectivity index (χ1) is 6.07. The van der Waals surface area contributed by atoms with Crippen molar-refractivity contribution in [3.63, 3.8) is 0 Å². The normalized spacial score (nSPS) is 11.2. The number of aliphatic hydroxyl groups is 1. The van der Waals surface area contributed by atoms with Crippen LogP contribution in [0.5, 0.6) is 0 Å². The van der Waals surface area contributed by atoms with Crippen LogP contribution in [-0.4, -0.2) is 27.4 Å². The molecule has 0 spiro atoms. The van der Waals surface area contributed by atoms with Crippen molar-refractivity contribution in [2.45, 2.75) is 12.5 Å².